The minimum Gasteiger partial charge on any atom is -0.309 e. The second-order valence-corrected chi connectivity index (χ2v) is 6.40. The highest BCUT2D eigenvalue weighted by molar-refractivity contribution is 5.64. The number of nitrogens with one attached hydrogen (secondary N) is 1. The van der Waals surface area contributed by atoms with Crippen molar-refractivity contribution in [1.82, 2.24) is 10.2 Å². The third-order valence-corrected chi connectivity index (χ3v) is 4.49. The number of benzene rings is 2. The van der Waals surface area contributed by atoms with Gasteiger partial charge in [0.15, 0.2) is 0 Å². The molecule has 1 atom stereocenters. The smallest absolute Gasteiger partial charge is 0.309 e. The Morgan fingerprint density at radius 3 is 2.08 bits per heavy atom. The lowest BCUT2D eigenvalue weighted by molar-refractivity contribution is -0.137. The maximum atomic E-state index is 12.6. The van der Waals surface area contributed by atoms with Crippen LogP contribution in [0.25, 0.3) is 11.1 Å². The van der Waals surface area contributed by atoms with Crippen LogP contribution in [0.3, 0.4) is 0 Å². The predicted molar refractivity (Wildman–Crippen MR) is 89.6 cm³/mol. The van der Waals surface area contributed by atoms with E-state index in [1.165, 1.54) is 24.1 Å². The number of hydrogen-bond donors (Lipinski definition) is 1. The van der Waals surface area contributed by atoms with Crippen LogP contribution in [0.2, 0.25) is 0 Å². The number of alkyl halides is 3. The molecule has 1 N–H and O–H groups in total. The number of likely N-dealkylation sites (tertiary alicyclic amines) is 1. The number of halogens is 3. The molecule has 2 nitrogen and oxygen atoms in total. The molecule has 0 saturated carbocycles. The molecular weight excluding hydrogens is 313 g/mol. The molecule has 2 aromatic rings. The van der Waals surface area contributed by atoms with Gasteiger partial charge in [0, 0.05) is 19.1 Å². The van der Waals surface area contributed by atoms with Gasteiger partial charge in [-0.05, 0) is 48.8 Å². The third-order valence-electron chi connectivity index (χ3n) is 4.49. The second-order valence-electron chi connectivity index (χ2n) is 6.40. The van der Waals surface area contributed by atoms with E-state index in [-0.39, 0.29) is 0 Å². The summed E-state index contributed by atoms with van der Waals surface area (Å²) in [5.41, 5.74) is 2.28. The molecule has 3 rings (SSSR count). The maximum Gasteiger partial charge on any atom is 0.416 e. The zero-order valence-electron chi connectivity index (χ0n) is 13.6. The molecule has 0 spiro atoms. The van der Waals surface area contributed by atoms with Crippen molar-refractivity contribution in [3.63, 3.8) is 0 Å². The highest BCUT2D eigenvalue weighted by Crippen LogP contribution is 2.31. The average Bonchev–Trinajstić information content (AvgIpc) is 2.98. The van der Waals surface area contributed by atoms with Gasteiger partial charge in [0.1, 0.15) is 0 Å². The van der Waals surface area contributed by atoms with Gasteiger partial charge in [0.25, 0.3) is 0 Å². The Labute approximate surface area is 140 Å². The molecule has 2 aromatic carbocycles. The zero-order valence-corrected chi connectivity index (χ0v) is 13.6. The lowest BCUT2D eigenvalue weighted by Gasteiger charge is -2.13. The van der Waals surface area contributed by atoms with E-state index >= 15 is 0 Å². The van der Waals surface area contributed by atoms with E-state index in [2.05, 4.69) is 17.3 Å². The summed E-state index contributed by atoms with van der Waals surface area (Å²) in [6.45, 7) is 3.01. The van der Waals surface area contributed by atoms with Crippen molar-refractivity contribution in [3.05, 3.63) is 59.7 Å². The minimum atomic E-state index is -4.29. The number of rotatable bonds is 4. The van der Waals surface area contributed by atoms with E-state index in [1.807, 2.05) is 24.3 Å². The summed E-state index contributed by atoms with van der Waals surface area (Å²) < 4.78 is 37.8. The van der Waals surface area contributed by atoms with E-state index in [9.17, 15) is 13.2 Å². The van der Waals surface area contributed by atoms with Gasteiger partial charge in [0.2, 0.25) is 0 Å². The Morgan fingerprint density at radius 2 is 1.58 bits per heavy atom. The average molecular weight is 334 g/mol. The SMILES string of the molecule is CN1CCC(NCc2ccc(-c3ccc(C(F)(F)F)cc3)cc2)C1. The standard InChI is InChI=1S/C19H21F3N2/c1-24-11-10-18(13-24)23-12-14-2-4-15(5-3-14)16-6-8-17(9-7-16)19(20,21)22/h2-9,18,23H,10-13H2,1H3. The van der Waals surface area contributed by atoms with Crippen molar-refractivity contribution in [2.75, 3.05) is 20.1 Å². The monoisotopic (exact) mass is 334 g/mol. The Kier molecular flexibility index (Phi) is 4.92. The maximum absolute atomic E-state index is 12.6. The molecule has 1 heterocycles. The van der Waals surface area contributed by atoms with Crippen molar-refractivity contribution in [1.29, 1.82) is 0 Å². The van der Waals surface area contributed by atoms with Gasteiger partial charge in [-0.25, -0.2) is 0 Å². The molecule has 0 aliphatic carbocycles. The molecule has 1 unspecified atom stereocenters. The van der Waals surface area contributed by atoms with Gasteiger partial charge in [-0.15, -0.1) is 0 Å². The Hall–Kier alpha value is -1.85. The van der Waals surface area contributed by atoms with Crippen LogP contribution in [-0.2, 0) is 12.7 Å². The summed E-state index contributed by atoms with van der Waals surface area (Å²) >= 11 is 0. The fourth-order valence-corrected chi connectivity index (χ4v) is 3.03. The molecule has 0 amide bonds. The quantitative estimate of drug-likeness (QED) is 0.903. The summed E-state index contributed by atoms with van der Waals surface area (Å²) in [4.78, 5) is 2.31. The molecule has 0 radical (unpaired) electrons. The van der Waals surface area contributed by atoms with E-state index in [1.54, 1.807) is 0 Å². The van der Waals surface area contributed by atoms with Gasteiger partial charge >= 0.3 is 6.18 Å². The summed E-state index contributed by atoms with van der Waals surface area (Å²) in [7, 11) is 2.13. The van der Waals surface area contributed by atoms with Gasteiger partial charge in [-0.1, -0.05) is 36.4 Å². The second kappa shape index (κ2) is 6.95. The zero-order chi connectivity index (χ0) is 17.2. The van der Waals surface area contributed by atoms with Crippen molar-refractivity contribution < 1.29 is 13.2 Å². The van der Waals surface area contributed by atoms with Crippen LogP contribution >= 0.6 is 0 Å². The van der Waals surface area contributed by atoms with Gasteiger partial charge in [0.05, 0.1) is 5.56 Å². The summed E-state index contributed by atoms with van der Waals surface area (Å²) in [6, 6.07) is 13.8. The number of hydrogen-bond acceptors (Lipinski definition) is 2. The molecule has 0 bridgehead atoms. The van der Waals surface area contributed by atoms with Crippen LogP contribution < -0.4 is 5.32 Å². The summed E-state index contributed by atoms with van der Waals surface area (Å²) in [5.74, 6) is 0. The molecule has 1 aliphatic heterocycles. The lowest BCUT2D eigenvalue weighted by atomic mass is 10.0. The summed E-state index contributed by atoms with van der Waals surface area (Å²) in [5, 5.41) is 3.54. The Bertz CT molecular complexity index is 663. The van der Waals surface area contributed by atoms with Crippen molar-refractivity contribution in [3.8, 4) is 11.1 Å². The first-order chi connectivity index (χ1) is 11.4. The molecule has 5 heteroatoms. The van der Waals surface area contributed by atoms with Crippen LogP contribution in [0.1, 0.15) is 17.5 Å². The third kappa shape index (κ3) is 4.16. The van der Waals surface area contributed by atoms with Crippen LogP contribution in [0.5, 0.6) is 0 Å². The molecular formula is C19H21F3N2. The van der Waals surface area contributed by atoms with Crippen LogP contribution in [0.15, 0.2) is 48.5 Å². The van der Waals surface area contributed by atoms with Crippen molar-refractivity contribution in [2.24, 2.45) is 0 Å². The molecule has 24 heavy (non-hydrogen) atoms. The van der Waals surface area contributed by atoms with Crippen LogP contribution in [-0.4, -0.2) is 31.1 Å². The largest absolute Gasteiger partial charge is 0.416 e. The molecule has 0 aromatic heterocycles. The highest BCUT2D eigenvalue weighted by Gasteiger charge is 2.29. The fourth-order valence-electron chi connectivity index (χ4n) is 3.03. The van der Waals surface area contributed by atoms with E-state index in [0.29, 0.717) is 6.04 Å². The molecule has 1 saturated heterocycles. The first-order valence-corrected chi connectivity index (χ1v) is 8.10. The van der Waals surface area contributed by atoms with Gasteiger partial charge in [-0.2, -0.15) is 13.2 Å². The normalized spacial score (nSPS) is 18.9. The van der Waals surface area contributed by atoms with E-state index in [0.717, 1.165) is 42.9 Å². The highest BCUT2D eigenvalue weighted by atomic mass is 19.4. The molecule has 1 fully saturated rings. The van der Waals surface area contributed by atoms with E-state index < -0.39 is 11.7 Å². The topological polar surface area (TPSA) is 15.3 Å². The fraction of sp³-hybridized carbons (Fsp3) is 0.368. The van der Waals surface area contributed by atoms with Gasteiger partial charge in [-0.3, -0.25) is 0 Å². The predicted octanol–water partition coefficient (Wildman–Crippen LogP) is 4.17. The van der Waals surface area contributed by atoms with Gasteiger partial charge < -0.3 is 10.2 Å². The lowest BCUT2D eigenvalue weighted by Crippen LogP contribution is -2.30. The number of nitrogens with zero attached hydrogens (tertiary/aromatic N) is 1. The van der Waals surface area contributed by atoms with Crippen molar-refractivity contribution >= 4 is 0 Å². The minimum absolute atomic E-state index is 0.532. The van der Waals surface area contributed by atoms with Crippen molar-refractivity contribution in [2.45, 2.75) is 25.2 Å². The van der Waals surface area contributed by atoms with E-state index in [4.69, 9.17) is 0 Å². The Morgan fingerprint density at radius 1 is 1.00 bits per heavy atom. The Balaban J connectivity index is 1.61. The molecule has 128 valence electrons. The first kappa shape index (κ1) is 17.0. The van der Waals surface area contributed by atoms with Crippen LogP contribution in [0, 0.1) is 0 Å². The first-order valence-electron chi connectivity index (χ1n) is 8.10. The summed E-state index contributed by atoms with van der Waals surface area (Å²) in [6.07, 6.45) is -3.12. The van der Waals surface area contributed by atoms with Crippen LogP contribution in [0.4, 0.5) is 13.2 Å². The molecule has 1 aliphatic rings. The number of likely N-dealkylation sites (N-methyl/N-ethyl adjacent to an activating group) is 1.